The first-order chi connectivity index (χ1) is 9.76. The standard InChI is InChI=1S/C15H23N5/c1-4-14-18-15(5-2)20(19-14)11-13-8-7-12(10-17-13)9-16-6-3/h7-8,10,16H,4-6,9,11H2,1-3H3. The van der Waals surface area contributed by atoms with E-state index in [9.17, 15) is 0 Å². The lowest BCUT2D eigenvalue weighted by atomic mass is 10.2. The average Bonchev–Trinajstić information content (AvgIpc) is 2.88. The largest absolute Gasteiger partial charge is 0.313 e. The molecule has 0 aliphatic rings. The summed E-state index contributed by atoms with van der Waals surface area (Å²) in [7, 11) is 0. The van der Waals surface area contributed by atoms with Crippen LogP contribution in [0.1, 0.15) is 43.7 Å². The quantitative estimate of drug-likeness (QED) is 0.838. The average molecular weight is 273 g/mol. The molecular formula is C15H23N5. The van der Waals surface area contributed by atoms with E-state index in [-0.39, 0.29) is 0 Å². The number of rotatable bonds is 7. The van der Waals surface area contributed by atoms with Crippen molar-refractivity contribution in [2.75, 3.05) is 6.54 Å². The molecule has 20 heavy (non-hydrogen) atoms. The van der Waals surface area contributed by atoms with Crippen LogP contribution in [0.25, 0.3) is 0 Å². The molecule has 0 aliphatic carbocycles. The van der Waals surface area contributed by atoms with Gasteiger partial charge >= 0.3 is 0 Å². The smallest absolute Gasteiger partial charge is 0.150 e. The fraction of sp³-hybridized carbons (Fsp3) is 0.533. The minimum absolute atomic E-state index is 0.692. The number of aryl methyl sites for hydroxylation is 2. The van der Waals surface area contributed by atoms with Crippen molar-refractivity contribution in [1.29, 1.82) is 0 Å². The van der Waals surface area contributed by atoms with E-state index in [1.165, 1.54) is 5.56 Å². The Kier molecular flexibility index (Phi) is 5.24. The molecule has 2 aromatic heterocycles. The first-order valence-corrected chi connectivity index (χ1v) is 7.33. The molecule has 2 heterocycles. The second-order valence-electron chi connectivity index (χ2n) is 4.75. The van der Waals surface area contributed by atoms with E-state index >= 15 is 0 Å². The van der Waals surface area contributed by atoms with Gasteiger partial charge in [-0.05, 0) is 18.2 Å². The van der Waals surface area contributed by atoms with Crippen molar-refractivity contribution in [2.24, 2.45) is 0 Å². The zero-order valence-corrected chi connectivity index (χ0v) is 12.6. The van der Waals surface area contributed by atoms with Crippen molar-refractivity contribution in [2.45, 2.75) is 46.7 Å². The molecule has 108 valence electrons. The van der Waals surface area contributed by atoms with Crippen LogP contribution in [0, 0.1) is 0 Å². The Bertz CT molecular complexity index is 530. The molecule has 1 N–H and O–H groups in total. The van der Waals surface area contributed by atoms with Crippen LogP contribution in [0.2, 0.25) is 0 Å². The van der Waals surface area contributed by atoms with E-state index in [1.54, 1.807) is 0 Å². The molecule has 0 unspecified atom stereocenters. The normalized spacial score (nSPS) is 10.9. The van der Waals surface area contributed by atoms with E-state index in [1.807, 2.05) is 10.9 Å². The first kappa shape index (κ1) is 14.7. The van der Waals surface area contributed by atoms with Crippen molar-refractivity contribution in [3.63, 3.8) is 0 Å². The predicted octanol–water partition coefficient (Wildman–Crippen LogP) is 1.96. The third-order valence-corrected chi connectivity index (χ3v) is 3.20. The van der Waals surface area contributed by atoms with E-state index < -0.39 is 0 Å². The van der Waals surface area contributed by atoms with E-state index in [2.05, 4.69) is 53.3 Å². The Balaban J connectivity index is 2.07. The van der Waals surface area contributed by atoms with Gasteiger partial charge in [-0.2, -0.15) is 5.10 Å². The van der Waals surface area contributed by atoms with Gasteiger partial charge in [0.05, 0.1) is 12.2 Å². The third-order valence-electron chi connectivity index (χ3n) is 3.20. The van der Waals surface area contributed by atoms with E-state index in [0.717, 1.165) is 43.3 Å². The van der Waals surface area contributed by atoms with Gasteiger partial charge in [0, 0.05) is 25.6 Å². The number of aromatic nitrogens is 4. The van der Waals surface area contributed by atoms with Crippen molar-refractivity contribution < 1.29 is 0 Å². The molecule has 0 saturated carbocycles. The Morgan fingerprint density at radius 1 is 1.15 bits per heavy atom. The lowest BCUT2D eigenvalue weighted by Crippen LogP contribution is -2.12. The summed E-state index contributed by atoms with van der Waals surface area (Å²) in [5.74, 6) is 1.94. The maximum Gasteiger partial charge on any atom is 0.150 e. The van der Waals surface area contributed by atoms with Gasteiger partial charge < -0.3 is 5.32 Å². The molecule has 0 fully saturated rings. The van der Waals surface area contributed by atoms with Crippen molar-refractivity contribution in [3.8, 4) is 0 Å². The molecule has 2 aromatic rings. The highest BCUT2D eigenvalue weighted by Crippen LogP contribution is 2.06. The molecule has 0 amide bonds. The number of hydrogen-bond acceptors (Lipinski definition) is 4. The summed E-state index contributed by atoms with van der Waals surface area (Å²) in [5, 5.41) is 7.82. The molecule has 0 bridgehead atoms. The molecule has 0 radical (unpaired) electrons. The van der Waals surface area contributed by atoms with Crippen LogP contribution in [0.15, 0.2) is 18.3 Å². The van der Waals surface area contributed by atoms with Crippen LogP contribution in [-0.4, -0.2) is 26.3 Å². The summed E-state index contributed by atoms with van der Waals surface area (Å²) in [6.07, 6.45) is 3.70. The molecule has 0 aliphatic heterocycles. The zero-order valence-electron chi connectivity index (χ0n) is 12.6. The van der Waals surface area contributed by atoms with Crippen molar-refractivity contribution >= 4 is 0 Å². The summed E-state index contributed by atoms with van der Waals surface area (Å²) in [6, 6.07) is 4.19. The van der Waals surface area contributed by atoms with Gasteiger partial charge in [-0.3, -0.25) is 4.98 Å². The van der Waals surface area contributed by atoms with Gasteiger partial charge in [0.1, 0.15) is 5.82 Å². The van der Waals surface area contributed by atoms with Gasteiger partial charge in [-0.25, -0.2) is 9.67 Å². The second-order valence-corrected chi connectivity index (χ2v) is 4.75. The fourth-order valence-corrected chi connectivity index (χ4v) is 2.04. The second kappa shape index (κ2) is 7.14. The SMILES string of the molecule is CCNCc1ccc(Cn2nc(CC)nc2CC)nc1. The highest BCUT2D eigenvalue weighted by Gasteiger charge is 2.08. The Labute approximate surface area is 120 Å². The van der Waals surface area contributed by atoms with Crippen LogP contribution < -0.4 is 5.32 Å². The molecule has 0 spiro atoms. The van der Waals surface area contributed by atoms with Crippen LogP contribution >= 0.6 is 0 Å². The lowest BCUT2D eigenvalue weighted by molar-refractivity contribution is 0.625. The molecule has 0 atom stereocenters. The minimum atomic E-state index is 0.692. The van der Waals surface area contributed by atoms with Crippen molar-refractivity contribution in [3.05, 3.63) is 41.2 Å². The summed E-state index contributed by atoms with van der Waals surface area (Å²) >= 11 is 0. The lowest BCUT2D eigenvalue weighted by Gasteiger charge is -2.06. The monoisotopic (exact) mass is 273 g/mol. The first-order valence-electron chi connectivity index (χ1n) is 7.33. The van der Waals surface area contributed by atoms with Crippen LogP contribution in [0.3, 0.4) is 0 Å². The van der Waals surface area contributed by atoms with Gasteiger partial charge in [0.15, 0.2) is 5.82 Å². The van der Waals surface area contributed by atoms with Gasteiger partial charge in [-0.1, -0.05) is 26.8 Å². The number of pyridine rings is 1. The molecular weight excluding hydrogens is 250 g/mol. The van der Waals surface area contributed by atoms with E-state index in [4.69, 9.17) is 0 Å². The van der Waals surface area contributed by atoms with Gasteiger partial charge in [-0.15, -0.1) is 0 Å². The topological polar surface area (TPSA) is 55.6 Å². The summed E-state index contributed by atoms with van der Waals surface area (Å²) < 4.78 is 1.96. The van der Waals surface area contributed by atoms with E-state index in [0.29, 0.717) is 6.54 Å². The molecule has 5 heteroatoms. The number of hydrogen-bond donors (Lipinski definition) is 1. The molecule has 0 aromatic carbocycles. The number of nitrogens with one attached hydrogen (secondary N) is 1. The Morgan fingerprint density at radius 3 is 2.60 bits per heavy atom. The fourth-order valence-electron chi connectivity index (χ4n) is 2.04. The molecule has 2 rings (SSSR count). The Morgan fingerprint density at radius 2 is 2.00 bits per heavy atom. The molecule has 5 nitrogen and oxygen atoms in total. The minimum Gasteiger partial charge on any atom is -0.313 e. The van der Waals surface area contributed by atoms with Crippen molar-refractivity contribution in [1.82, 2.24) is 25.1 Å². The van der Waals surface area contributed by atoms with Crippen LogP contribution in [0.5, 0.6) is 0 Å². The summed E-state index contributed by atoms with van der Waals surface area (Å²) in [4.78, 5) is 9.02. The zero-order chi connectivity index (χ0) is 14.4. The maximum atomic E-state index is 4.52. The number of nitrogens with zero attached hydrogens (tertiary/aromatic N) is 4. The van der Waals surface area contributed by atoms with Gasteiger partial charge in [0.25, 0.3) is 0 Å². The highest BCUT2D eigenvalue weighted by atomic mass is 15.3. The Hall–Kier alpha value is -1.75. The summed E-state index contributed by atoms with van der Waals surface area (Å²) in [6.45, 7) is 8.81. The summed E-state index contributed by atoms with van der Waals surface area (Å²) in [5.41, 5.74) is 2.23. The third kappa shape index (κ3) is 3.63. The highest BCUT2D eigenvalue weighted by molar-refractivity contribution is 5.14. The van der Waals surface area contributed by atoms with Gasteiger partial charge in [0.2, 0.25) is 0 Å². The predicted molar refractivity (Wildman–Crippen MR) is 79.5 cm³/mol. The molecule has 0 saturated heterocycles. The van der Waals surface area contributed by atoms with Crippen LogP contribution in [-0.2, 0) is 25.9 Å². The van der Waals surface area contributed by atoms with Crippen LogP contribution in [0.4, 0.5) is 0 Å². The maximum absolute atomic E-state index is 4.52.